The Hall–Kier alpha value is -1.27. The highest BCUT2D eigenvalue weighted by atomic mass is 35.5. The second-order valence-corrected chi connectivity index (χ2v) is 6.49. The topological polar surface area (TPSA) is 50.2 Å². The molecule has 1 amide bonds. The van der Waals surface area contributed by atoms with Crippen molar-refractivity contribution in [3.63, 3.8) is 0 Å². The third-order valence-corrected chi connectivity index (χ3v) is 4.64. The Balaban J connectivity index is 0.00000208. The number of likely N-dealkylation sites (tertiary alicyclic amines) is 1. The average Bonchev–Trinajstić information content (AvgIpc) is 3.04. The summed E-state index contributed by atoms with van der Waals surface area (Å²) in [7, 11) is 1.93. The van der Waals surface area contributed by atoms with Gasteiger partial charge in [-0.2, -0.15) is 5.10 Å². The molecular formula is C16H19Cl3N4O. The summed E-state index contributed by atoms with van der Waals surface area (Å²) in [6, 6.07) is 5.54. The number of carbonyl (C=O) groups is 1. The zero-order chi connectivity index (χ0) is 16.4. The molecule has 1 atom stereocenters. The number of halogens is 3. The van der Waals surface area contributed by atoms with Crippen molar-refractivity contribution >= 4 is 41.5 Å². The monoisotopic (exact) mass is 388 g/mol. The lowest BCUT2D eigenvalue weighted by Crippen LogP contribution is -2.46. The summed E-state index contributed by atoms with van der Waals surface area (Å²) < 4.78 is 1.60. The molecule has 0 saturated carbocycles. The van der Waals surface area contributed by atoms with Crippen LogP contribution in [-0.2, 0) is 0 Å². The van der Waals surface area contributed by atoms with Gasteiger partial charge in [-0.3, -0.25) is 4.79 Å². The van der Waals surface area contributed by atoms with Gasteiger partial charge in [-0.25, -0.2) is 4.68 Å². The van der Waals surface area contributed by atoms with Crippen LogP contribution in [0, 0.1) is 0 Å². The van der Waals surface area contributed by atoms with Gasteiger partial charge in [0.05, 0.1) is 22.5 Å². The van der Waals surface area contributed by atoms with E-state index in [4.69, 9.17) is 23.2 Å². The SMILES string of the molecule is CNC1CCCN(C(=O)c2cnn(-c3ccc(Cl)cc3Cl)c2)C1.Cl. The minimum Gasteiger partial charge on any atom is -0.337 e. The smallest absolute Gasteiger partial charge is 0.257 e. The lowest BCUT2D eigenvalue weighted by molar-refractivity contribution is 0.0698. The average molecular weight is 390 g/mol. The maximum Gasteiger partial charge on any atom is 0.257 e. The fourth-order valence-corrected chi connectivity index (χ4v) is 3.31. The van der Waals surface area contributed by atoms with Crippen LogP contribution < -0.4 is 5.32 Å². The first-order chi connectivity index (χ1) is 11.1. The highest BCUT2D eigenvalue weighted by Crippen LogP contribution is 2.24. The lowest BCUT2D eigenvalue weighted by atomic mass is 10.1. The van der Waals surface area contributed by atoms with E-state index in [1.54, 1.807) is 35.3 Å². The van der Waals surface area contributed by atoms with E-state index < -0.39 is 0 Å². The predicted octanol–water partition coefficient (Wildman–Crippen LogP) is 3.42. The number of rotatable bonds is 3. The van der Waals surface area contributed by atoms with Gasteiger partial charge in [-0.15, -0.1) is 12.4 Å². The molecule has 0 spiro atoms. The van der Waals surface area contributed by atoms with Gasteiger partial charge in [0.2, 0.25) is 0 Å². The van der Waals surface area contributed by atoms with Gasteiger partial charge in [0, 0.05) is 30.4 Å². The third kappa shape index (κ3) is 4.03. The Morgan fingerprint density at radius 3 is 2.88 bits per heavy atom. The van der Waals surface area contributed by atoms with Crippen molar-refractivity contribution in [2.75, 3.05) is 20.1 Å². The van der Waals surface area contributed by atoms with Gasteiger partial charge in [0.15, 0.2) is 0 Å². The minimum absolute atomic E-state index is 0. The second-order valence-electron chi connectivity index (χ2n) is 5.65. The molecule has 130 valence electrons. The van der Waals surface area contributed by atoms with Crippen LogP contribution in [-0.4, -0.2) is 46.8 Å². The molecule has 1 saturated heterocycles. The Morgan fingerprint density at radius 2 is 2.17 bits per heavy atom. The molecule has 1 aromatic carbocycles. The largest absolute Gasteiger partial charge is 0.337 e. The maximum atomic E-state index is 12.6. The fourth-order valence-electron chi connectivity index (χ4n) is 2.81. The zero-order valence-electron chi connectivity index (χ0n) is 13.2. The van der Waals surface area contributed by atoms with Gasteiger partial charge < -0.3 is 10.2 Å². The Kier molecular flexibility index (Phi) is 6.52. The molecule has 5 nitrogen and oxygen atoms in total. The zero-order valence-corrected chi connectivity index (χ0v) is 15.5. The summed E-state index contributed by atoms with van der Waals surface area (Å²) in [4.78, 5) is 14.5. The van der Waals surface area contributed by atoms with Crippen LogP contribution >= 0.6 is 35.6 Å². The Labute approximate surface area is 157 Å². The van der Waals surface area contributed by atoms with Crippen LogP contribution in [0.15, 0.2) is 30.6 Å². The molecular weight excluding hydrogens is 371 g/mol. The standard InChI is InChI=1S/C16H18Cl2N4O.ClH/c1-19-13-3-2-6-21(10-13)16(23)11-8-20-22(9-11)15-5-4-12(17)7-14(15)18;/h4-5,7-9,13,19H,2-3,6,10H2,1H3;1H. The molecule has 2 heterocycles. The number of aromatic nitrogens is 2. The van der Waals surface area contributed by atoms with E-state index >= 15 is 0 Å². The second kappa shape index (κ2) is 8.21. The van der Waals surface area contributed by atoms with Gasteiger partial charge in [-0.1, -0.05) is 23.2 Å². The molecule has 3 rings (SSSR count). The molecule has 0 bridgehead atoms. The molecule has 1 aromatic heterocycles. The van der Waals surface area contributed by atoms with Crippen molar-refractivity contribution in [3.05, 3.63) is 46.2 Å². The molecule has 24 heavy (non-hydrogen) atoms. The van der Waals surface area contributed by atoms with Gasteiger partial charge >= 0.3 is 0 Å². The summed E-state index contributed by atoms with van der Waals surface area (Å²) in [6.07, 6.45) is 5.39. The van der Waals surface area contributed by atoms with E-state index in [9.17, 15) is 4.79 Å². The van der Waals surface area contributed by atoms with Crippen molar-refractivity contribution < 1.29 is 4.79 Å². The van der Waals surface area contributed by atoms with Crippen LogP contribution in [0.2, 0.25) is 10.0 Å². The molecule has 1 N–H and O–H groups in total. The lowest BCUT2D eigenvalue weighted by Gasteiger charge is -2.32. The van der Waals surface area contributed by atoms with E-state index in [-0.39, 0.29) is 18.3 Å². The van der Waals surface area contributed by atoms with Gasteiger partial charge in [0.25, 0.3) is 5.91 Å². The summed E-state index contributed by atoms with van der Waals surface area (Å²) in [5, 5.41) is 8.55. The van der Waals surface area contributed by atoms with Crippen LogP contribution in [0.25, 0.3) is 5.69 Å². The van der Waals surface area contributed by atoms with E-state index in [0.717, 1.165) is 25.9 Å². The van der Waals surface area contributed by atoms with Crippen molar-refractivity contribution in [3.8, 4) is 5.69 Å². The molecule has 8 heteroatoms. The van der Waals surface area contributed by atoms with E-state index in [1.807, 2.05) is 11.9 Å². The normalized spacial score (nSPS) is 17.5. The Morgan fingerprint density at radius 1 is 1.38 bits per heavy atom. The highest BCUT2D eigenvalue weighted by Gasteiger charge is 2.24. The number of benzene rings is 1. The van der Waals surface area contributed by atoms with Gasteiger partial charge in [0.1, 0.15) is 0 Å². The predicted molar refractivity (Wildman–Crippen MR) is 98.8 cm³/mol. The molecule has 1 aliphatic rings. The van der Waals surface area contributed by atoms with E-state index in [2.05, 4.69) is 10.4 Å². The summed E-state index contributed by atoms with van der Waals surface area (Å²) >= 11 is 12.1. The van der Waals surface area contributed by atoms with Crippen molar-refractivity contribution in [2.24, 2.45) is 0 Å². The first kappa shape index (κ1) is 19.1. The molecule has 0 radical (unpaired) electrons. The summed E-state index contributed by atoms with van der Waals surface area (Å²) in [5.74, 6) is 0.00119. The number of nitrogens with one attached hydrogen (secondary N) is 1. The van der Waals surface area contributed by atoms with Crippen molar-refractivity contribution in [2.45, 2.75) is 18.9 Å². The third-order valence-electron chi connectivity index (χ3n) is 4.10. The number of amides is 1. The number of carbonyl (C=O) groups excluding carboxylic acids is 1. The highest BCUT2D eigenvalue weighted by molar-refractivity contribution is 6.35. The van der Waals surface area contributed by atoms with Crippen molar-refractivity contribution in [1.82, 2.24) is 20.0 Å². The minimum atomic E-state index is 0. The van der Waals surface area contributed by atoms with E-state index in [0.29, 0.717) is 27.3 Å². The quantitative estimate of drug-likeness (QED) is 0.875. The van der Waals surface area contributed by atoms with Crippen molar-refractivity contribution in [1.29, 1.82) is 0 Å². The summed E-state index contributed by atoms with van der Waals surface area (Å²) in [5.41, 5.74) is 1.26. The number of hydrogen-bond donors (Lipinski definition) is 1. The first-order valence-electron chi connectivity index (χ1n) is 7.55. The van der Waals surface area contributed by atoms with Crippen LogP contribution in [0.1, 0.15) is 23.2 Å². The molecule has 1 fully saturated rings. The number of hydrogen-bond acceptors (Lipinski definition) is 3. The molecule has 1 aliphatic heterocycles. The molecule has 2 aromatic rings. The number of piperidine rings is 1. The van der Waals surface area contributed by atoms with E-state index in [1.165, 1.54) is 0 Å². The fraction of sp³-hybridized carbons (Fsp3) is 0.375. The van der Waals surface area contributed by atoms with Crippen LogP contribution in [0.3, 0.4) is 0 Å². The van der Waals surface area contributed by atoms with Crippen LogP contribution in [0.5, 0.6) is 0 Å². The Bertz CT molecular complexity index is 719. The molecule has 0 aliphatic carbocycles. The first-order valence-corrected chi connectivity index (χ1v) is 8.30. The maximum absolute atomic E-state index is 12.6. The molecule has 1 unspecified atom stereocenters. The number of likely N-dealkylation sites (N-methyl/N-ethyl adjacent to an activating group) is 1. The van der Waals surface area contributed by atoms with Gasteiger partial charge in [-0.05, 0) is 38.1 Å². The van der Waals surface area contributed by atoms with Crippen LogP contribution in [0.4, 0.5) is 0 Å². The number of nitrogens with zero attached hydrogens (tertiary/aromatic N) is 3. The summed E-state index contributed by atoms with van der Waals surface area (Å²) in [6.45, 7) is 1.51.